The third-order valence-electron chi connectivity index (χ3n) is 17.2. The maximum atomic E-state index is 14.9. The lowest BCUT2D eigenvalue weighted by atomic mass is 9.71. The molecule has 0 radical (unpaired) electrons. The first-order valence-corrected chi connectivity index (χ1v) is 31.4. The van der Waals surface area contributed by atoms with Crippen LogP contribution in [0.15, 0.2) is 59.3 Å². The van der Waals surface area contributed by atoms with Crippen LogP contribution in [0, 0.1) is 23.7 Å². The lowest BCUT2D eigenvalue weighted by molar-refractivity contribution is -0.317. The summed E-state index contributed by atoms with van der Waals surface area (Å²) in [5, 5.41) is 13.1. The van der Waals surface area contributed by atoms with Crippen LogP contribution >= 0.6 is 0 Å². The van der Waals surface area contributed by atoms with Crippen LogP contribution in [0.2, 0.25) is 18.1 Å². The molecule has 76 heavy (non-hydrogen) atoms. The van der Waals surface area contributed by atoms with Crippen molar-refractivity contribution in [3.63, 3.8) is 0 Å². The van der Waals surface area contributed by atoms with Gasteiger partial charge in [0.1, 0.15) is 35.9 Å². The van der Waals surface area contributed by atoms with Crippen LogP contribution in [0.4, 0.5) is 13.2 Å². The Morgan fingerprint density at radius 2 is 1.50 bits per heavy atom. The van der Waals surface area contributed by atoms with E-state index in [0.717, 1.165) is 17.6 Å². The van der Waals surface area contributed by atoms with Crippen LogP contribution in [0.1, 0.15) is 115 Å². The van der Waals surface area contributed by atoms with Gasteiger partial charge in [0.05, 0.1) is 55.4 Å². The molecule has 20 atom stereocenters. The van der Waals surface area contributed by atoms with Gasteiger partial charge in [-0.15, -0.1) is 0 Å². The number of allylic oxidation sites excluding steroid dienone is 2. The maximum Gasteiger partial charge on any atom is 0.523 e. The highest BCUT2D eigenvalue weighted by Crippen LogP contribution is 2.50. The fourth-order valence-corrected chi connectivity index (χ4v) is 13.5. The molecule has 6 aliphatic heterocycles. The highest BCUT2D eigenvalue weighted by atomic mass is 32.2. The van der Waals surface area contributed by atoms with Gasteiger partial charge < -0.3 is 56.9 Å². The van der Waals surface area contributed by atoms with Crippen molar-refractivity contribution in [1.29, 1.82) is 0 Å². The Labute approximate surface area is 449 Å². The number of carbonyl (C=O) groups excluding carboxylic acids is 1. The topological polar surface area (TPSA) is 182 Å². The third-order valence-corrected chi connectivity index (χ3v) is 22.7. The predicted molar refractivity (Wildman–Crippen MR) is 277 cm³/mol. The van der Waals surface area contributed by atoms with E-state index in [1.54, 1.807) is 6.92 Å². The van der Waals surface area contributed by atoms with E-state index in [-0.39, 0.29) is 54.8 Å². The highest BCUT2D eigenvalue weighted by molar-refractivity contribution is 7.87. The Morgan fingerprint density at radius 1 is 0.868 bits per heavy atom. The Bertz CT molecular complexity index is 2320. The van der Waals surface area contributed by atoms with Gasteiger partial charge >= 0.3 is 21.6 Å². The van der Waals surface area contributed by atoms with Crippen molar-refractivity contribution in [1.82, 2.24) is 0 Å². The quantitative estimate of drug-likeness (QED) is 0.0641. The molecular weight excluding hydrogens is 1030 g/mol. The van der Waals surface area contributed by atoms with E-state index in [1.165, 1.54) is 21.1 Å². The van der Waals surface area contributed by atoms with Gasteiger partial charge in [-0.05, 0) is 81.0 Å². The summed E-state index contributed by atoms with van der Waals surface area (Å²) in [6.45, 7) is 26.4. The van der Waals surface area contributed by atoms with Gasteiger partial charge in [0.2, 0.25) is 0 Å². The SMILES string of the molecule is CC[C@@H](C)[C@H]1O[C@]2(C=C[C@@H]1C)C[C@@H]1C[C@@H](CC=C(C)[C@@H](O[C@H]3C[C@H](OC)[C@@H](O[C@H]4C[C@H](OC)[C@@H](OS(=O)(=O)C(F)(F)F)[C@H](C)O4)[C@H](C)O3)[C@@H](C)C=CC=C3CO[C@@H]4[C@H](O[Si](C)(C)C(C)(C)C)C(C)=C[C@@H](C(=O)O1)[C@]34O)O2. The molecule has 16 nitrogen and oxygen atoms in total. The van der Waals surface area contributed by atoms with Crippen molar-refractivity contribution in [3.05, 3.63) is 59.3 Å². The number of fused-ring (bicyclic) bond motifs is 2. The van der Waals surface area contributed by atoms with Crippen LogP contribution in [-0.4, -0.2) is 151 Å². The molecule has 2 bridgehead atoms. The number of carbonyl (C=O) groups is 1. The number of ether oxygens (including phenoxy) is 10. The molecule has 7 aliphatic rings. The van der Waals surface area contributed by atoms with E-state index in [4.69, 9.17) is 51.8 Å². The molecule has 0 amide bonds. The molecule has 432 valence electrons. The van der Waals surface area contributed by atoms with Crippen LogP contribution in [0.3, 0.4) is 0 Å². The minimum Gasteiger partial charge on any atom is -0.462 e. The highest BCUT2D eigenvalue weighted by Gasteiger charge is 2.62. The van der Waals surface area contributed by atoms with Gasteiger partial charge in [-0.25, -0.2) is 0 Å². The summed E-state index contributed by atoms with van der Waals surface area (Å²) in [6.07, 6.45) is 4.61. The summed E-state index contributed by atoms with van der Waals surface area (Å²) >= 11 is 0. The number of esters is 1. The summed E-state index contributed by atoms with van der Waals surface area (Å²) < 4.78 is 139. The minimum absolute atomic E-state index is 0.0536. The molecule has 0 aromatic heterocycles. The Kier molecular flexibility index (Phi) is 19.0. The molecular formula is C55H85F3O16SSi. The van der Waals surface area contributed by atoms with Crippen molar-refractivity contribution >= 4 is 24.4 Å². The summed E-state index contributed by atoms with van der Waals surface area (Å²) in [4.78, 5) is 14.9. The molecule has 7 rings (SSSR count). The zero-order valence-electron chi connectivity index (χ0n) is 47.0. The van der Waals surface area contributed by atoms with Crippen LogP contribution < -0.4 is 0 Å². The molecule has 1 aliphatic carbocycles. The van der Waals surface area contributed by atoms with E-state index in [9.17, 15) is 31.5 Å². The van der Waals surface area contributed by atoms with E-state index >= 15 is 0 Å². The van der Waals surface area contributed by atoms with Crippen molar-refractivity contribution in [3.8, 4) is 0 Å². The first-order valence-electron chi connectivity index (χ1n) is 27.0. The monoisotopic (exact) mass is 1120 g/mol. The van der Waals surface area contributed by atoms with Gasteiger partial charge in [0.25, 0.3) is 0 Å². The second kappa shape index (κ2) is 23.6. The van der Waals surface area contributed by atoms with Gasteiger partial charge in [-0.1, -0.05) is 91.3 Å². The molecule has 4 saturated heterocycles. The number of hydrogen-bond donors (Lipinski definition) is 1. The van der Waals surface area contributed by atoms with Crippen LogP contribution in [-0.2, 0) is 70.9 Å². The summed E-state index contributed by atoms with van der Waals surface area (Å²) in [6, 6.07) is 0. The fourth-order valence-electron chi connectivity index (χ4n) is 11.5. The summed E-state index contributed by atoms with van der Waals surface area (Å²) in [5.74, 6) is -2.79. The van der Waals surface area contributed by atoms with E-state index in [0.29, 0.717) is 18.4 Å². The molecule has 0 aromatic carbocycles. The molecule has 21 heteroatoms. The molecule has 0 aromatic rings. The van der Waals surface area contributed by atoms with Crippen molar-refractivity contribution in [2.24, 2.45) is 23.7 Å². The standard InChI is InChI=1S/C55H85F3O16SSi/c1-16-30(2)46-33(5)22-23-53(72-46)28-39-25-38(71-53)21-20-32(4)45(31(3)18-17-19-37-29-65-50-47(74-76(14,15)52(9,10)11)34(6)24-40(51(59)68-39)54(37,50)60)69-43-26-41(63-12)48(35(7)66-43)70-44-27-42(64-13)49(36(8)67-44)73-75(61,62)55(56,57)58/h17-20,22-24,30-31,33,35-36,38-50,60H,16,21,25-29H2,1-15H3/t30-,31+,33+,35+,36+,38-,39+,40+,41+,42+,43+,44+,45+,46-,47-,48+,49+,50-,53-,54-/m1/s1. The maximum absolute atomic E-state index is 14.9. The van der Waals surface area contributed by atoms with Crippen molar-refractivity contribution in [2.75, 3.05) is 20.8 Å². The molecule has 1 N–H and O–H groups in total. The number of methoxy groups -OCH3 is 2. The fraction of sp³-hybridized carbons (Fsp3) is 0.800. The molecule has 0 unspecified atom stereocenters. The van der Waals surface area contributed by atoms with Gasteiger partial charge in [0.15, 0.2) is 26.7 Å². The number of hydrogen-bond acceptors (Lipinski definition) is 16. The van der Waals surface area contributed by atoms with Crippen molar-refractivity contribution in [2.45, 2.75) is 236 Å². The number of rotatable bonds is 12. The average molecular weight is 1120 g/mol. The number of aliphatic hydroxyl groups is 1. The van der Waals surface area contributed by atoms with Crippen LogP contribution in [0.5, 0.6) is 0 Å². The van der Waals surface area contributed by atoms with Crippen LogP contribution in [0.25, 0.3) is 0 Å². The van der Waals surface area contributed by atoms with Crippen molar-refractivity contribution < 1.29 is 87.5 Å². The Morgan fingerprint density at radius 3 is 2.12 bits per heavy atom. The predicted octanol–water partition coefficient (Wildman–Crippen LogP) is 9.28. The second-order valence-electron chi connectivity index (χ2n) is 23.8. The second-order valence-corrected chi connectivity index (χ2v) is 30.1. The first kappa shape index (κ1) is 61.3. The average Bonchev–Trinajstić information content (AvgIpc) is 3.67. The van der Waals surface area contributed by atoms with Gasteiger partial charge in [-0.2, -0.15) is 21.6 Å². The molecule has 0 saturated carbocycles. The normalized spacial score (nSPS) is 41.4. The Balaban J connectivity index is 1.18. The first-order chi connectivity index (χ1) is 35.4. The smallest absolute Gasteiger partial charge is 0.462 e. The zero-order chi connectivity index (χ0) is 56.1. The van der Waals surface area contributed by atoms with E-state index in [2.05, 4.69) is 71.0 Å². The Hall–Kier alpha value is -2.35. The molecule has 6 heterocycles. The summed E-state index contributed by atoms with van der Waals surface area (Å²) in [5.41, 5.74) is -5.25. The summed E-state index contributed by atoms with van der Waals surface area (Å²) in [7, 11) is -5.60. The number of alkyl halides is 3. The van der Waals surface area contributed by atoms with E-state index in [1.807, 2.05) is 51.2 Å². The molecule has 1 spiro atoms. The zero-order valence-corrected chi connectivity index (χ0v) is 48.8. The molecule has 4 fully saturated rings. The van der Waals surface area contributed by atoms with Gasteiger partial charge in [0, 0.05) is 51.7 Å². The lowest BCUT2D eigenvalue weighted by Gasteiger charge is -2.49. The number of halogens is 3. The third kappa shape index (κ3) is 12.9. The minimum atomic E-state index is -5.94. The van der Waals surface area contributed by atoms with E-state index < -0.39 is 127 Å². The van der Waals surface area contributed by atoms with Gasteiger partial charge in [-0.3, -0.25) is 8.98 Å². The lowest BCUT2D eigenvalue weighted by Crippen LogP contribution is -2.60. The largest absolute Gasteiger partial charge is 0.523 e.